The van der Waals surface area contributed by atoms with E-state index in [2.05, 4.69) is 0 Å². The Morgan fingerprint density at radius 1 is 0.400 bits per heavy atom. The normalized spacial score (nSPS) is 0. The van der Waals surface area contributed by atoms with Gasteiger partial charge in [-0.1, -0.05) is 0 Å². The molecule has 0 saturated carbocycles. The molecular weight excluding hydrogens is 717 g/mol. The molecule has 0 amide bonds. The van der Waals surface area contributed by atoms with E-state index in [0.717, 1.165) is 0 Å². The summed E-state index contributed by atoms with van der Waals surface area (Å²) in [4.78, 5) is 0. The van der Waals surface area contributed by atoms with Crippen molar-refractivity contribution in [3.8, 4) is 0 Å². The minimum absolute atomic E-state index is 0. The van der Waals surface area contributed by atoms with Crippen molar-refractivity contribution in [3.63, 3.8) is 0 Å². The number of hydrogen-bond donors (Lipinski definition) is 0. The maximum atomic E-state index is 0. The van der Waals surface area contributed by atoms with E-state index in [9.17, 15) is 0 Å². The molecule has 0 atom stereocenters. The standard InChI is InChI=1S/2Er.3Te/q2*+3;3*-2. The molecule has 0 aliphatic rings. The predicted molar refractivity (Wildman–Crippen MR) is 17.3 cm³/mol. The number of hydrogen-bond acceptors (Lipinski definition) is 0. The Morgan fingerprint density at radius 2 is 0.400 bits per heavy atom. The van der Waals surface area contributed by atoms with E-state index < -0.39 is 0 Å². The van der Waals surface area contributed by atoms with E-state index in [1.165, 1.54) is 0 Å². The van der Waals surface area contributed by atoms with Gasteiger partial charge in [0.1, 0.15) is 0 Å². The van der Waals surface area contributed by atoms with Gasteiger partial charge in [-0.25, -0.2) is 0 Å². The van der Waals surface area contributed by atoms with Crippen LogP contribution in [0.5, 0.6) is 0 Å². The average molecular weight is 717 g/mol. The zero-order valence-electron chi connectivity index (χ0n) is 1.80. The fourth-order valence-electron chi connectivity index (χ4n) is 0. The van der Waals surface area contributed by atoms with Crippen molar-refractivity contribution in [2.75, 3.05) is 0 Å². The molecule has 0 bridgehead atoms. The first-order valence-corrected chi connectivity index (χ1v) is 0. The zero-order valence-corrected chi connectivity index (χ0v) is 12.5. The molecule has 5 heavy (non-hydrogen) atoms. The van der Waals surface area contributed by atoms with Gasteiger partial charge in [-0.05, 0) is 0 Å². The Hall–Kier alpha value is 4.86. The van der Waals surface area contributed by atoms with Gasteiger partial charge in [-0.15, -0.1) is 0 Å². The second-order valence-electron chi connectivity index (χ2n) is 0. The van der Waals surface area contributed by atoms with Crippen molar-refractivity contribution < 1.29 is 74.6 Å². The predicted octanol–water partition coefficient (Wildman–Crippen LogP) is -1.14. The van der Waals surface area contributed by atoms with E-state index in [0.29, 0.717) is 0 Å². The molecule has 0 heterocycles. The van der Waals surface area contributed by atoms with Gasteiger partial charge in [0.05, 0.1) is 0 Å². The van der Waals surface area contributed by atoms with Gasteiger partial charge >= 0.3 is 74.6 Å². The van der Waals surface area contributed by atoms with Crippen LogP contribution in [0.4, 0.5) is 0 Å². The van der Waals surface area contributed by atoms with Crippen LogP contribution in [0, 0.1) is 74.6 Å². The molecule has 0 fully saturated rings. The van der Waals surface area contributed by atoms with E-state index in [1.807, 2.05) is 0 Å². The van der Waals surface area contributed by atoms with Crippen LogP contribution in [-0.2, 0) is 0 Å². The van der Waals surface area contributed by atoms with Crippen molar-refractivity contribution in [1.82, 2.24) is 0 Å². The summed E-state index contributed by atoms with van der Waals surface area (Å²) in [5.41, 5.74) is 0. The Bertz CT molecular complexity index is 4.85. The van der Waals surface area contributed by atoms with Crippen molar-refractivity contribution in [2.45, 2.75) is 0 Å². The maximum absolute atomic E-state index is 0. The Morgan fingerprint density at radius 3 is 0.400 bits per heavy atom. The third-order valence-electron chi connectivity index (χ3n) is 0. The van der Waals surface area contributed by atoms with Crippen LogP contribution in [0.3, 0.4) is 0 Å². The van der Waals surface area contributed by atoms with Crippen molar-refractivity contribution in [3.05, 3.63) is 0 Å². The first kappa shape index (κ1) is 32.8. The molecule has 0 saturated heterocycles. The van der Waals surface area contributed by atoms with E-state index in [-0.39, 0.29) is 146 Å². The summed E-state index contributed by atoms with van der Waals surface area (Å²) in [6.07, 6.45) is 0. The van der Waals surface area contributed by atoms with Gasteiger partial charge in [-0.3, -0.25) is 0 Å². The smallest absolute Gasteiger partial charge is 2.00 e. The van der Waals surface area contributed by atoms with E-state index >= 15 is 0 Å². The fourth-order valence-corrected chi connectivity index (χ4v) is 0. The van der Waals surface area contributed by atoms with Crippen molar-refractivity contribution in [1.29, 1.82) is 0 Å². The summed E-state index contributed by atoms with van der Waals surface area (Å²) < 4.78 is 0. The number of rotatable bonds is 0. The molecule has 0 unspecified atom stereocenters. The van der Waals surface area contributed by atoms with Crippen LogP contribution in [0.1, 0.15) is 0 Å². The third-order valence-corrected chi connectivity index (χ3v) is 0. The van der Waals surface area contributed by atoms with Gasteiger partial charge in [0.15, 0.2) is 0 Å². The molecule has 0 spiro atoms. The maximum Gasteiger partial charge on any atom is 3.00 e. The summed E-state index contributed by atoms with van der Waals surface area (Å²) in [5, 5.41) is 0. The molecule has 0 aromatic carbocycles. The quantitative estimate of drug-likeness (QED) is 0.279. The van der Waals surface area contributed by atoms with Crippen LogP contribution in [0.25, 0.3) is 0 Å². The first-order chi connectivity index (χ1) is 0. The monoisotopic (exact) mass is 722 g/mol. The molecule has 42 valence electrons. The van der Waals surface area contributed by atoms with Crippen LogP contribution in [0.2, 0.25) is 0 Å². The molecular formula is Er2Te3. The third kappa shape index (κ3) is 17.7. The Labute approximate surface area is 141 Å². The minimum Gasteiger partial charge on any atom is -2.00 e. The van der Waals surface area contributed by atoms with Crippen LogP contribution in [-0.4, -0.2) is 71.0 Å². The summed E-state index contributed by atoms with van der Waals surface area (Å²) in [7, 11) is 0. The molecule has 0 aliphatic heterocycles. The van der Waals surface area contributed by atoms with Gasteiger partial charge in [0, 0.05) is 0 Å². The molecule has 0 aromatic heterocycles. The Balaban J connectivity index is 0. The summed E-state index contributed by atoms with van der Waals surface area (Å²) in [5.74, 6) is 0. The molecule has 5 heteroatoms. The second-order valence-corrected chi connectivity index (χ2v) is 0. The fraction of sp³-hybridized carbons (Fsp3) is 0. The van der Waals surface area contributed by atoms with Gasteiger partial charge in [0.2, 0.25) is 0 Å². The molecule has 0 nitrogen and oxygen atoms in total. The topological polar surface area (TPSA) is 0 Å². The average Bonchev–Trinajstić information content (AvgIpc) is 0. The molecule has 0 aliphatic carbocycles. The summed E-state index contributed by atoms with van der Waals surface area (Å²) >= 11 is 0. The zero-order chi connectivity index (χ0) is 0. The van der Waals surface area contributed by atoms with Crippen molar-refractivity contribution in [2.24, 2.45) is 0 Å². The molecule has 2 radical (unpaired) electrons. The second kappa shape index (κ2) is 23.2. The van der Waals surface area contributed by atoms with Crippen molar-refractivity contribution >= 4 is 71.0 Å². The van der Waals surface area contributed by atoms with E-state index in [4.69, 9.17) is 0 Å². The van der Waals surface area contributed by atoms with Crippen LogP contribution < -0.4 is 0 Å². The molecule has 0 N–H and O–H groups in total. The molecule has 0 aromatic rings. The van der Waals surface area contributed by atoms with Crippen LogP contribution in [0.15, 0.2) is 0 Å². The van der Waals surface area contributed by atoms with Gasteiger partial charge < -0.3 is 71.0 Å². The molecule has 0 rings (SSSR count). The minimum atomic E-state index is 0. The van der Waals surface area contributed by atoms with E-state index in [1.54, 1.807) is 0 Å². The largest absolute Gasteiger partial charge is 3.00 e. The van der Waals surface area contributed by atoms with Gasteiger partial charge in [0.25, 0.3) is 0 Å². The van der Waals surface area contributed by atoms with Crippen LogP contribution >= 0.6 is 0 Å². The summed E-state index contributed by atoms with van der Waals surface area (Å²) in [6.45, 7) is 0. The summed E-state index contributed by atoms with van der Waals surface area (Å²) in [6, 6.07) is 0. The Kier molecular flexibility index (Phi) is 152. The van der Waals surface area contributed by atoms with Gasteiger partial charge in [-0.2, -0.15) is 0 Å². The first-order valence-electron chi connectivity index (χ1n) is 0. The SMILES string of the molecule is [Er+3].[Er+3].[Te-2].[Te-2].[Te-2].